The molecule has 0 radical (unpaired) electrons. The van der Waals surface area contributed by atoms with Gasteiger partial charge in [0.15, 0.2) is 0 Å². The van der Waals surface area contributed by atoms with E-state index in [1.807, 2.05) is 31.2 Å². The summed E-state index contributed by atoms with van der Waals surface area (Å²) in [7, 11) is 1.61. The molecule has 2 heterocycles. The van der Waals surface area contributed by atoms with Crippen molar-refractivity contribution in [1.29, 1.82) is 0 Å². The molecule has 0 fully saturated rings. The molecule has 0 saturated heterocycles. The van der Waals surface area contributed by atoms with Gasteiger partial charge < -0.3 is 14.8 Å². The predicted molar refractivity (Wildman–Crippen MR) is 78.9 cm³/mol. The van der Waals surface area contributed by atoms with Crippen molar-refractivity contribution in [2.24, 2.45) is 0 Å². The fraction of sp³-hybridized carbons (Fsp3) is 0.200. The lowest BCUT2D eigenvalue weighted by atomic mass is 10.1. The first-order valence-electron chi connectivity index (χ1n) is 6.48. The Balaban J connectivity index is 2.31. The topological polar surface area (TPSA) is 79.6 Å². The van der Waals surface area contributed by atoms with Crippen LogP contribution >= 0.6 is 0 Å². The van der Waals surface area contributed by atoms with E-state index < -0.39 is 0 Å². The molecule has 0 spiro atoms. The number of aromatic hydroxyl groups is 1. The van der Waals surface area contributed by atoms with Crippen LogP contribution in [0.15, 0.2) is 29.1 Å². The van der Waals surface area contributed by atoms with E-state index in [0.717, 1.165) is 22.6 Å². The van der Waals surface area contributed by atoms with Crippen LogP contribution in [0.5, 0.6) is 11.6 Å². The van der Waals surface area contributed by atoms with Gasteiger partial charge in [-0.2, -0.15) is 9.61 Å². The molecule has 0 saturated carbocycles. The maximum absolute atomic E-state index is 11.9. The minimum atomic E-state index is -0.324. The molecule has 0 aliphatic rings. The Kier molecular flexibility index (Phi) is 2.94. The van der Waals surface area contributed by atoms with Crippen LogP contribution in [0.4, 0.5) is 0 Å². The summed E-state index contributed by atoms with van der Waals surface area (Å²) < 4.78 is 6.49. The zero-order valence-corrected chi connectivity index (χ0v) is 12.0. The lowest BCUT2D eigenvalue weighted by molar-refractivity contribution is 0.415. The summed E-state index contributed by atoms with van der Waals surface area (Å²) in [6, 6.07) is 7.45. The molecule has 0 bridgehead atoms. The maximum Gasteiger partial charge on any atom is 0.257 e. The van der Waals surface area contributed by atoms with Gasteiger partial charge in [0.05, 0.1) is 18.4 Å². The van der Waals surface area contributed by atoms with Gasteiger partial charge in [0.2, 0.25) is 5.88 Å². The molecular formula is C15H15N3O3. The molecular weight excluding hydrogens is 270 g/mol. The van der Waals surface area contributed by atoms with Gasteiger partial charge in [-0.15, -0.1) is 0 Å². The summed E-state index contributed by atoms with van der Waals surface area (Å²) in [6.07, 6.45) is 0. The van der Waals surface area contributed by atoms with E-state index in [1.165, 1.54) is 4.52 Å². The van der Waals surface area contributed by atoms with Gasteiger partial charge in [0.25, 0.3) is 5.56 Å². The molecule has 1 aromatic carbocycles. The summed E-state index contributed by atoms with van der Waals surface area (Å²) in [4.78, 5) is 14.6. The van der Waals surface area contributed by atoms with Crippen molar-refractivity contribution in [1.82, 2.24) is 14.6 Å². The fourth-order valence-electron chi connectivity index (χ4n) is 2.36. The molecule has 21 heavy (non-hydrogen) atoms. The molecule has 3 aromatic rings. The van der Waals surface area contributed by atoms with Crippen LogP contribution in [0, 0.1) is 13.8 Å². The van der Waals surface area contributed by atoms with Crippen molar-refractivity contribution in [2.45, 2.75) is 13.8 Å². The first-order chi connectivity index (χ1) is 10.0. The average Bonchev–Trinajstić information content (AvgIpc) is 2.81. The lowest BCUT2D eigenvalue weighted by Crippen LogP contribution is -2.12. The Morgan fingerprint density at radius 1 is 1.24 bits per heavy atom. The van der Waals surface area contributed by atoms with Gasteiger partial charge >= 0.3 is 0 Å². The quantitative estimate of drug-likeness (QED) is 0.755. The first kappa shape index (κ1) is 13.2. The summed E-state index contributed by atoms with van der Waals surface area (Å²) in [5.74, 6) is 0.608. The van der Waals surface area contributed by atoms with Gasteiger partial charge in [-0.3, -0.25) is 4.79 Å². The third kappa shape index (κ3) is 1.96. The van der Waals surface area contributed by atoms with Crippen LogP contribution in [0.25, 0.3) is 16.8 Å². The van der Waals surface area contributed by atoms with Crippen LogP contribution in [-0.4, -0.2) is 26.8 Å². The Hall–Kier alpha value is -2.76. The molecule has 3 rings (SSSR count). The number of ether oxygens (including phenoxy) is 1. The van der Waals surface area contributed by atoms with E-state index >= 15 is 0 Å². The van der Waals surface area contributed by atoms with Crippen molar-refractivity contribution in [3.8, 4) is 22.8 Å². The van der Waals surface area contributed by atoms with Crippen molar-refractivity contribution < 1.29 is 9.84 Å². The molecule has 0 unspecified atom stereocenters. The van der Waals surface area contributed by atoms with Crippen molar-refractivity contribution in [3.63, 3.8) is 0 Å². The Morgan fingerprint density at radius 2 is 1.90 bits per heavy atom. The highest BCUT2D eigenvalue weighted by atomic mass is 16.5. The predicted octanol–water partition coefficient (Wildman–Crippen LogP) is 2.02. The number of aromatic amines is 1. The fourth-order valence-corrected chi connectivity index (χ4v) is 2.36. The second-order valence-corrected chi connectivity index (χ2v) is 4.85. The normalized spacial score (nSPS) is 11.0. The van der Waals surface area contributed by atoms with Gasteiger partial charge in [0.1, 0.15) is 11.4 Å². The highest BCUT2D eigenvalue weighted by Crippen LogP contribution is 2.30. The van der Waals surface area contributed by atoms with Crippen LogP contribution in [-0.2, 0) is 0 Å². The second kappa shape index (κ2) is 4.66. The smallest absolute Gasteiger partial charge is 0.257 e. The third-order valence-corrected chi connectivity index (χ3v) is 3.55. The summed E-state index contributed by atoms with van der Waals surface area (Å²) >= 11 is 0. The first-order valence-corrected chi connectivity index (χ1v) is 6.48. The number of nitrogens with one attached hydrogen (secondary N) is 1. The summed E-state index contributed by atoms with van der Waals surface area (Å²) in [6.45, 7) is 3.39. The number of aromatic nitrogens is 3. The number of aryl methyl sites for hydroxylation is 1. The number of nitrogens with zero attached hydrogens (tertiary/aromatic N) is 2. The molecule has 0 aliphatic carbocycles. The van der Waals surface area contributed by atoms with Crippen LogP contribution in [0.1, 0.15) is 11.3 Å². The molecule has 0 atom stereocenters. The molecule has 0 aliphatic heterocycles. The monoisotopic (exact) mass is 285 g/mol. The summed E-state index contributed by atoms with van der Waals surface area (Å²) in [5.41, 5.74) is 2.79. The van der Waals surface area contributed by atoms with E-state index in [9.17, 15) is 9.90 Å². The van der Waals surface area contributed by atoms with E-state index in [-0.39, 0.29) is 17.0 Å². The number of rotatable bonds is 2. The second-order valence-electron chi connectivity index (χ2n) is 4.85. The Bertz CT molecular complexity index is 876. The largest absolute Gasteiger partial charge is 0.497 e. The lowest BCUT2D eigenvalue weighted by Gasteiger charge is -2.04. The zero-order chi connectivity index (χ0) is 15.1. The summed E-state index contributed by atoms with van der Waals surface area (Å²) in [5, 5.41) is 14.4. The molecule has 6 nitrogen and oxygen atoms in total. The molecule has 6 heteroatoms. The van der Waals surface area contributed by atoms with Crippen molar-refractivity contribution in [3.05, 3.63) is 45.9 Å². The average molecular weight is 285 g/mol. The Labute approximate surface area is 120 Å². The van der Waals surface area contributed by atoms with E-state index in [4.69, 9.17) is 4.74 Å². The van der Waals surface area contributed by atoms with Gasteiger partial charge in [-0.25, -0.2) is 0 Å². The van der Waals surface area contributed by atoms with Gasteiger partial charge in [-0.05, 0) is 31.5 Å². The standard InChI is InChI=1S/C15H15N3O3/c1-8-14(19)16-13-12(9(2)17-18(13)15(8)20)10-4-6-11(21-3)7-5-10/h4-7,20H,1-3H3,(H,16,19). The number of H-pyrrole nitrogens is 1. The minimum absolute atomic E-state index is 0.142. The van der Waals surface area contributed by atoms with Crippen LogP contribution in [0.2, 0.25) is 0 Å². The highest BCUT2D eigenvalue weighted by Gasteiger charge is 2.17. The minimum Gasteiger partial charge on any atom is -0.497 e. The van der Waals surface area contributed by atoms with E-state index in [1.54, 1.807) is 14.0 Å². The number of hydrogen-bond acceptors (Lipinski definition) is 4. The van der Waals surface area contributed by atoms with E-state index in [2.05, 4.69) is 10.1 Å². The third-order valence-electron chi connectivity index (χ3n) is 3.55. The number of hydrogen-bond donors (Lipinski definition) is 2. The molecule has 0 amide bonds. The SMILES string of the molecule is COc1ccc(-c2c(C)nn3c(O)c(C)c(=O)[nH]c23)cc1. The molecule has 2 aromatic heterocycles. The number of benzene rings is 1. The zero-order valence-electron chi connectivity index (χ0n) is 12.0. The molecule has 108 valence electrons. The Morgan fingerprint density at radius 3 is 2.52 bits per heavy atom. The van der Waals surface area contributed by atoms with Gasteiger partial charge in [-0.1, -0.05) is 12.1 Å². The van der Waals surface area contributed by atoms with Gasteiger partial charge in [0, 0.05) is 5.56 Å². The van der Waals surface area contributed by atoms with Crippen molar-refractivity contribution >= 4 is 5.65 Å². The number of fused-ring (bicyclic) bond motifs is 1. The highest BCUT2D eigenvalue weighted by molar-refractivity contribution is 5.80. The number of methoxy groups -OCH3 is 1. The van der Waals surface area contributed by atoms with E-state index in [0.29, 0.717) is 5.65 Å². The molecule has 2 N–H and O–H groups in total. The van der Waals surface area contributed by atoms with Crippen LogP contribution < -0.4 is 10.3 Å². The maximum atomic E-state index is 11.9. The van der Waals surface area contributed by atoms with Crippen LogP contribution in [0.3, 0.4) is 0 Å². The van der Waals surface area contributed by atoms with Crippen molar-refractivity contribution in [2.75, 3.05) is 7.11 Å².